The Hall–Kier alpha value is -2.21. The van der Waals surface area contributed by atoms with Crippen LogP contribution in [-0.2, 0) is 6.54 Å². The number of para-hydroxylation sites is 1. The SMILES string of the molecule is CCNCc1cnoc1-c1ccccc1[N+](=O)[O-]. The zero-order valence-corrected chi connectivity index (χ0v) is 9.92. The maximum Gasteiger partial charge on any atom is 0.280 e. The number of benzene rings is 1. The number of aromatic nitrogens is 1. The average molecular weight is 247 g/mol. The summed E-state index contributed by atoms with van der Waals surface area (Å²) in [6, 6.07) is 6.48. The highest BCUT2D eigenvalue weighted by Gasteiger charge is 2.20. The van der Waals surface area contributed by atoms with Gasteiger partial charge in [-0.3, -0.25) is 10.1 Å². The second-order valence-corrected chi connectivity index (χ2v) is 3.73. The number of nitrogens with zero attached hydrogens (tertiary/aromatic N) is 2. The second-order valence-electron chi connectivity index (χ2n) is 3.73. The molecule has 18 heavy (non-hydrogen) atoms. The van der Waals surface area contributed by atoms with Gasteiger partial charge in [-0.15, -0.1) is 0 Å². The van der Waals surface area contributed by atoms with Crippen molar-refractivity contribution in [3.8, 4) is 11.3 Å². The van der Waals surface area contributed by atoms with Gasteiger partial charge >= 0.3 is 0 Å². The van der Waals surface area contributed by atoms with Gasteiger partial charge in [-0.05, 0) is 12.6 Å². The van der Waals surface area contributed by atoms with Crippen LogP contribution in [0.5, 0.6) is 0 Å². The summed E-state index contributed by atoms with van der Waals surface area (Å²) in [4.78, 5) is 10.5. The summed E-state index contributed by atoms with van der Waals surface area (Å²) in [5.74, 6) is 0.447. The van der Waals surface area contributed by atoms with E-state index in [9.17, 15) is 10.1 Å². The van der Waals surface area contributed by atoms with Crippen molar-refractivity contribution < 1.29 is 9.45 Å². The van der Waals surface area contributed by atoms with Gasteiger partial charge in [0.15, 0.2) is 5.76 Å². The number of nitrogens with one attached hydrogen (secondary N) is 1. The third kappa shape index (κ3) is 2.38. The molecule has 0 saturated carbocycles. The van der Waals surface area contributed by atoms with Crippen molar-refractivity contribution in [1.82, 2.24) is 10.5 Å². The van der Waals surface area contributed by atoms with Gasteiger partial charge in [0.25, 0.3) is 5.69 Å². The van der Waals surface area contributed by atoms with Crippen LogP contribution in [0.2, 0.25) is 0 Å². The van der Waals surface area contributed by atoms with Gasteiger partial charge in [0.2, 0.25) is 0 Å². The summed E-state index contributed by atoms with van der Waals surface area (Å²) < 4.78 is 5.14. The molecule has 0 atom stereocenters. The van der Waals surface area contributed by atoms with Gasteiger partial charge in [-0.25, -0.2) is 0 Å². The van der Waals surface area contributed by atoms with Crippen molar-refractivity contribution >= 4 is 5.69 Å². The zero-order chi connectivity index (χ0) is 13.0. The molecule has 0 aliphatic heterocycles. The molecule has 0 aliphatic carbocycles. The molecule has 0 radical (unpaired) electrons. The van der Waals surface area contributed by atoms with Gasteiger partial charge in [0.05, 0.1) is 16.7 Å². The Kier molecular flexibility index (Phi) is 3.69. The molecule has 0 aliphatic rings. The van der Waals surface area contributed by atoms with Crippen LogP contribution in [-0.4, -0.2) is 16.6 Å². The molecular weight excluding hydrogens is 234 g/mol. The van der Waals surface area contributed by atoms with Crippen LogP contribution in [0.3, 0.4) is 0 Å². The first-order chi connectivity index (χ1) is 8.74. The molecule has 1 aromatic heterocycles. The lowest BCUT2D eigenvalue weighted by Gasteiger charge is -2.02. The minimum Gasteiger partial charge on any atom is -0.356 e. The van der Waals surface area contributed by atoms with Crippen molar-refractivity contribution in [2.75, 3.05) is 6.54 Å². The quantitative estimate of drug-likeness (QED) is 0.648. The van der Waals surface area contributed by atoms with E-state index >= 15 is 0 Å². The first kappa shape index (κ1) is 12.3. The normalized spacial score (nSPS) is 10.5. The van der Waals surface area contributed by atoms with E-state index in [2.05, 4.69) is 10.5 Å². The highest BCUT2D eigenvalue weighted by atomic mass is 16.6. The Morgan fingerprint density at radius 2 is 2.22 bits per heavy atom. The fourth-order valence-corrected chi connectivity index (χ4v) is 1.69. The van der Waals surface area contributed by atoms with Crippen LogP contribution < -0.4 is 5.32 Å². The molecular formula is C12H13N3O3. The summed E-state index contributed by atoms with van der Waals surface area (Å²) >= 11 is 0. The molecule has 0 amide bonds. The molecule has 0 unspecified atom stereocenters. The molecule has 94 valence electrons. The van der Waals surface area contributed by atoms with Crippen molar-refractivity contribution in [1.29, 1.82) is 0 Å². The smallest absolute Gasteiger partial charge is 0.280 e. The van der Waals surface area contributed by atoms with Gasteiger partial charge in [-0.1, -0.05) is 24.2 Å². The zero-order valence-electron chi connectivity index (χ0n) is 9.92. The lowest BCUT2D eigenvalue weighted by Crippen LogP contribution is -2.11. The molecule has 2 rings (SSSR count). The molecule has 6 heteroatoms. The molecule has 1 heterocycles. The van der Waals surface area contributed by atoms with E-state index in [1.165, 1.54) is 6.07 Å². The predicted molar refractivity (Wildman–Crippen MR) is 66.0 cm³/mol. The Bertz CT molecular complexity index is 551. The molecule has 6 nitrogen and oxygen atoms in total. The van der Waals surface area contributed by atoms with Crippen LogP contribution in [0.4, 0.5) is 5.69 Å². The van der Waals surface area contributed by atoms with Crippen molar-refractivity contribution in [3.05, 3.63) is 46.1 Å². The van der Waals surface area contributed by atoms with E-state index in [0.717, 1.165) is 12.1 Å². The van der Waals surface area contributed by atoms with E-state index in [0.29, 0.717) is 17.9 Å². The Morgan fingerprint density at radius 3 is 2.94 bits per heavy atom. The third-order valence-corrected chi connectivity index (χ3v) is 2.56. The fraction of sp³-hybridized carbons (Fsp3) is 0.250. The van der Waals surface area contributed by atoms with Crippen LogP contribution in [0.25, 0.3) is 11.3 Å². The number of hydrogen-bond donors (Lipinski definition) is 1. The molecule has 0 saturated heterocycles. The van der Waals surface area contributed by atoms with Gasteiger partial charge in [0, 0.05) is 18.2 Å². The molecule has 0 fully saturated rings. The number of rotatable bonds is 5. The topological polar surface area (TPSA) is 81.2 Å². The van der Waals surface area contributed by atoms with Crippen molar-refractivity contribution in [2.45, 2.75) is 13.5 Å². The van der Waals surface area contributed by atoms with Crippen LogP contribution >= 0.6 is 0 Å². The highest BCUT2D eigenvalue weighted by Crippen LogP contribution is 2.31. The van der Waals surface area contributed by atoms with Gasteiger partial charge in [-0.2, -0.15) is 0 Å². The molecule has 1 N–H and O–H groups in total. The van der Waals surface area contributed by atoms with E-state index in [-0.39, 0.29) is 5.69 Å². The maximum absolute atomic E-state index is 11.0. The van der Waals surface area contributed by atoms with E-state index in [4.69, 9.17) is 4.52 Å². The Labute approximate surface area is 104 Å². The first-order valence-electron chi connectivity index (χ1n) is 5.62. The molecule has 0 spiro atoms. The summed E-state index contributed by atoms with van der Waals surface area (Å²) in [5, 5.41) is 17.8. The largest absolute Gasteiger partial charge is 0.356 e. The number of nitro groups is 1. The maximum atomic E-state index is 11.0. The minimum atomic E-state index is -0.422. The third-order valence-electron chi connectivity index (χ3n) is 2.56. The fourth-order valence-electron chi connectivity index (χ4n) is 1.69. The Morgan fingerprint density at radius 1 is 1.44 bits per heavy atom. The first-order valence-corrected chi connectivity index (χ1v) is 5.62. The van der Waals surface area contributed by atoms with Gasteiger partial charge in [0.1, 0.15) is 0 Å². The lowest BCUT2D eigenvalue weighted by molar-refractivity contribution is -0.384. The average Bonchev–Trinajstić information content (AvgIpc) is 2.84. The summed E-state index contributed by atoms with van der Waals surface area (Å²) in [6.45, 7) is 3.36. The van der Waals surface area contributed by atoms with Crippen LogP contribution in [0, 0.1) is 10.1 Å². The summed E-state index contributed by atoms with van der Waals surface area (Å²) in [6.07, 6.45) is 1.58. The van der Waals surface area contributed by atoms with E-state index in [1.807, 2.05) is 6.92 Å². The van der Waals surface area contributed by atoms with Crippen molar-refractivity contribution in [3.63, 3.8) is 0 Å². The van der Waals surface area contributed by atoms with E-state index in [1.54, 1.807) is 24.4 Å². The highest BCUT2D eigenvalue weighted by molar-refractivity contribution is 5.71. The van der Waals surface area contributed by atoms with Crippen LogP contribution in [0.15, 0.2) is 35.0 Å². The Balaban J connectivity index is 2.42. The minimum absolute atomic E-state index is 0.0204. The summed E-state index contributed by atoms with van der Waals surface area (Å²) in [7, 11) is 0. The standard InChI is InChI=1S/C12H13N3O3/c1-2-13-7-9-8-14-18-12(9)10-5-3-4-6-11(10)15(16)17/h3-6,8,13H,2,7H2,1H3. The van der Waals surface area contributed by atoms with Crippen molar-refractivity contribution in [2.24, 2.45) is 0 Å². The van der Waals surface area contributed by atoms with Crippen LogP contribution in [0.1, 0.15) is 12.5 Å². The number of nitro benzene ring substituents is 1. The van der Waals surface area contributed by atoms with E-state index < -0.39 is 4.92 Å². The molecule has 1 aromatic carbocycles. The van der Waals surface area contributed by atoms with Gasteiger partial charge < -0.3 is 9.84 Å². The summed E-state index contributed by atoms with van der Waals surface area (Å²) in [5.41, 5.74) is 1.28. The molecule has 0 bridgehead atoms. The lowest BCUT2D eigenvalue weighted by atomic mass is 10.1. The molecule has 2 aromatic rings. The second kappa shape index (κ2) is 5.42. The number of hydrogen-bond acceptors (Lipinski definition) is 5. The predicted octanol–water partition coefficient (Wildman–Crippen LogP) is 2.36. The monoisotopic (exact) mass is 247 g/mol.